The highest BCUT2D eigenvalue weighted by Crippen LogP contribution is 2.43. The Morgan fingerprint density at radius 3 is 2.61 bits per heavy atom. The van der Waals surface area contributed by atoms with Crippen LogP contribution in [-0.4, -0.2) is 74.4 Å². The summed E-state index contributed by atoms with van der Waals surface area (Å²) >= 11 is 0. The first-order chi connectivity index (χ1) is 13.5. The molecular formula is C20H34N2O6. The monoisotopic (exact) mass is 398 g/mol. The molecule has 0 aromatic carbocycles. The van der Waals surface area contributed by atoms with Crippen LogP contribution in [-0.2, 0) is 23.9 Å². The summed E-state index contributed by atoms with van der Waals surface area (Å²) in [6.45, 7) is 2.82. The van der Waals surface area contributed by atoms with Crippen LogP contribution in [0.5, 0.6) is 0 Å². The van der Waals surface area contributed by atoms with Crippen molar-refractivity contribution < 1.29 is 29.0 Å². The molecule has 8 heteroatoms. The van der Waals surface area contributed by atoms with Crippen molar-refractivity contribution in [2.24, 2.45) is 11.3 Å². The Labute approximate surface area is 166 Å². The largest absolute Gasteiger partial charge is 0.481 e. The summed E-state index contributed by atoms with van der Waals surface area (Å²) in [6.07, 6.45) is 5.85. The van der Waals surface area contributed by atoms with Crippen molar-refractivity contribution in [3.63, 3.8) is 0 Å². The molecule has 8 nitrogen and oxygen atoms in total. The normalized spacial score (nSPS) is 19.8. The van der Waals surface area contributed by atoms with Gasteiger partial charge in [-0.1, -0.05) is 12.8 Å². The Morgan fingerprint density at radius 1 is 1.25 bits per heavy atom. The maximum atomic E-state index is 12.9. The Bertz CT molecular complexity index is 533. The molecule has 1 aliphatic heterocycles. The van der Waals surface area contributed by atoms with Gasteiger partial charge in [-0.2, -0.15) is 0 Å². The van der Waals surface area contributed by atoms with Gasteiger partial charge in [-0.25, -0.2) is 0 Å². The standard InChI is InChI=1S/C20H34N2O6/c1-27-12-13-28-15-16(18(24)25)14-20(7-2-3-8-20)19(26)21-9-5-11-22-10-4-6-17(22)23/h16H,2-15H2,1H3,(H,21,26)(H,24,25). The molecule has 1 atom stereocenters. The first kappa shape index (κ1) is 22.6. The van der Waals surface area contributed by atoms with Crippen molar-refractivity contribution in [1.82, 2.24) is 10.2 Å². The molecule has 2 rings (SSSR count). The number of nitrogens with zero attached hydrogens (tertiary/aromatic N) is 1. The number of methoxy groups -OCH3 is 1. The number of nitrogens with one attached hydrogen (secondary N) is 1. The molecule has 2 fully saturated rings. The number of aliphatic carboxylic acids is 1. The second-order valence-electron chi connectivity index (χ2n) is 7.89. The number of rotatable bonds is 13. The summed E-state index contributed by atoms with van der Waals surface area (Å²) in [5.74, 6) is -1.50. The van der Waals surface area contributed by atoms with Crippen LogP contribution in [0.15, 0.2) is 0 Å². The minimum absolute atomic E-state index is 0.0547. The van der Waals surface area contributed by atoms with Gasteiger partial charge in [-0.15, -0.1) is 0 Å². The molecule has 1 unspecified atom stereocenters. The predicted octanol–water partition coefficient (Wildman–Crippen LogP) is 1.43. The van der Waals surface area contributed by atoms with Crippen molar-refractivity contribution in [3.8, 4) is 0 Å². The number of carboxylic acids is 1. The van der Waals surface area contributed by atoms with Crippen LogP contribution in [0, 0.1) is 11.3 Å². The third kappa shape index (κ3) is 6.44. The molecule has 2 aliphatic rings. The van der Waals surface area contributed by atoms with Crippen LogP contribution in [0.4, 0.5) is 0 Å². The molecule has 0 bridgehead atoms. The van der Waals surface area contributed by atoms with Crippen LogP contribution < -0.4 is 5.32 Å². The van der Waals surface area contributed by atoms with Crippen LogP contribution in [0.2, 0.25) is 0 Å². The maximum absolute atomic E-state index is 12.9. The van der Waals surface area contributed by atoms with E-state index in [4.69, 9.17) is 9.47 Å². The lowest BCUT2D eigenvalue weighted by molar-refractivity contribution is -0.147. The van der Waals surface area contributed by atoms with Crippen molar-refractivity contribution in [1.29, 1.82) is 0 Å². The smallest absolute Gasteiger partial charge is 0.308 e. The van der Waals surface area contributed by atoms with Crippen LogP contribution >= 0.6 is 0 Å². The quantitative estimate of drug-likeness (QED) is 0.455. The van der Waals surface area contributed by atoms with Gasteiger partial charge in [0, 0.05) is 33.2 Å². The fraction of sp³-hybridized carbons (Fsp3) is 0.850. The van der Waals surface area contributed by atoms with Crippen molar-refractivity contribution in [3.05, 3.63) is 0 Å². The van der Waals surface area contributed by atoms with E-state index in [1.807, 2.05) is 4.90 Å². The van der Waals surface area contributed by atoms with Gasteiger partial charge in [0.15, 0.2) is 0 Å². The summed E-state index contributed by atoms with van der Waals surface area (Å²) in [4.78, 5) is 38.1. The average molecular weight is 399 g/mol. The van der Waals surface area contributed by atoms with E-state index in [1.165, 1.54) is 0 Å². The van der Waals surface area contributed by atoms with E-state index in [9.17, 15) is 19.5 Å². The fourth-order valence-electron chi connectivity index (χ4n) is 4.23. The first-order valence-corrected chi connectivity index (χ1v) is 10.3. The highest BCUT2D eigenvalue weighted by molar-refractivity contribution is 5.84. The van der Waals surface area contributed by atoms with Gasteiger partial charge in [0.1, 0.15) is 0 Å². The number of hydrogen-bond donors (Lipinski definition) is 2. The van der Waals surface area contributed by atoms with E-state index in [-0.39, 0.29) is 18.4 Å². The van der Waals surface area contributed by atoms with Gasteiger partial charge in [-0.3, -0.25) is 14.4 Å². The number of hydrogen-bond acceptors (Lipinski definition) is 5. The zero-order valence-electron chi connectivity index (χ0n) is 16.9. The zero-order valence-corrected chi connectivity index (χ0v) is 16.9. The Morgan fingerprint density at radius 2 is 2.00 bits per heavy atom. The molecule has 0 aromatic heterocycles. The molecule has 1 saturated carbocycles. The van der Waals surface area contributed by atoms with E-state index in [1.54, 1.807) is 7.11 Å². The van der Waals surface area contributed by atoms with E-state index in [0.717, 1.165) is 32.2 Å². The third-order valence-corrected chi connectivity index (χ3v) is 5.84. The molecule has 2 amide bonds. The SMILES string of the molecule is COCCOCC(CC1(C(=O)NCCCN2CCCC2=O)CCCC1)C(=O)O. The fourth-order valence-corrected chi connectivity index (χ4v) is 4.23. The van der Waals surface area contributed by atoms with Gasteiger partial charge in [0.25, 0.3) is 0 Å². The lowest BCUT2D eigenvalue weighted by Gasteiger charge is -2.30. The minimum Gasteiger partial charge on any atom is -0.481 e. The van der Waals surface area contributed by atoms with Crippen molar-refractivity contribution >= 4 is 17.8 Å². The van der Waals surface area contributed by atoms with Crippen LogP contribution in [0.25, 0.3) is 0 Å². The van der Waals surface area contributed by atoms with E-state index in [2.05, 4.69) is 5.32 Å². The van der Waals surface area contributed by atoms with Gasteiger partial charge < -0.3 is 24.8 Å². The topological polar surface area (TPSA) is 105 Å². The molecule has 0 aromatic rings. The number of likely N-dealkylation sites (tertiary alicyclic amines) is 1. The summed E-state index contributed by atoms with van der Waals surface area (Å²) in [5.41, 5.74) is -0.628. The van der Waals surface area contributed by atoms with Gasteiger partial charge in [-0.05, 0) is 32.1 Å². The highest BCUT2D eigenvalue weighted by atomic mass is 16.5. The van der Waals surface area contributed by atoms with Gasteiger partial charge >= 0.3 is 5.97 Å². The Kier molecular flexibility index (Phi) is 9.18. The average Bonchev–Trinajstić information content (AvgIpc) is 3.31. The first-order valence-electron chi connectivity index (χ1n) is 10.3. The molecule has 28 heavy (non-hydrogen) atoms. The van der Waals surface area contributed by atoms with Crippen LogP contribution in [0.3, 0.4) is 0 Å². The predicted molar refractivity (Wildman–Crippen MR) is 103 cm³/mol. The second kappa shape index (κ2) is 11.4. The number of carboxylic acid groups (broad SMARTS) is 1. The molecule has 1 heterocycles. The lowest BCUT2D eigenvalue weighted by Crippen LogP contribution is -2.43. The lowest BCUT2D eigenvalue weighted by atomic mass is 9.77. The minimum atomic E-state index is -0.927. The number of carbonyl (C=O) groups excluding carboxylic acids is 2. The number of amides is 2. The van der Waals surface area contributed by atoms with E-state index >= 15 is 0 Å². The van der Waals surface area contributed by atoms with Gasteiger partial charge in [0.2, 0.25) is 11.8 Å². The Hall–Kier alpha value is -1.67. The molecule has 0 radical (unpaired) electrons. The molecular weight excluding hydrogens is 364 g/mol. The molecule has 0 spiro atoms. The van der Waals surface area contributed by atoms with Gasteiger partial charge in [0.05, 0.1) is 31.2 Å². The van der Waals surface area contributed by atoms with Crippen molar-refractivity contribution in [2.75, 3.05) is 46.6 Å². The molecule has 160 valence electrons. The van der Waals surface area contributed by atoms with E-state index in [0.29, 0.717) is 52.0 Å². The number of ether oxygens (including phenoxy) is 2. The van der Waals surface area contributed by atoms with Crippen LogP contribution in [0.1, 0.15) is 51.4 Å². The second-order valence-corrected chi connectivity index (χ2v) is 7.89. The molecule has 2 N–H and O–H groups in total. The number of carbonyl (C=O) groups is 3. The zero-order chi connectivity index (χ0) is 20.4. The van der Waals surface area contributed by atoms with E-state index < -0.39 is 17.3 Å². The Balaban J connectivity index is 1.83. The summed E-state index contributed by atoms with van der Waals surface area (Å²) in [5, 5.41) is 12.6. The summed E-state index contributed by atoms with van der Waals surface area (Å²) < 4.78 is 10.3. The highest BCUT2D eigenvalue weighted by Gasteiger charge is 2.44. The third-order valence-electron chi connectivity index (χ3n) is 5.84. The van der Waals surface area contributed by atoms with Crippen molar-refractivity contribution in [2.45, 2.75) is 51.4 Å². The summed E-state index contributed by atoms with van der Waals surface area (Å²) in [7, 11) is 1.57. The molecule has 1 saturated heterocycles. The molecule has 1 aliphatic carbocycles. The summed E-state index contributed by atoms with van der Waals surface area (Å²) in [6, 6.07) is 0. The maximum Gasteiger partial charge on any atom is 0.308 e.